The molecule has 0 saturated heterocycles. The summed E-state index contributed by atoms with van der Waals surface area (Å²) < 4.78 is 16.6. The Morgan fingerprint density at radius 1 is 1.20 bits per heavy atom. The van der Waals surface area contributed by atoms with Gasteiger partial charge in [-0.2, -0.15) is 0 Å². The summed E-state index contributed by atoms with van der Waals surface area (Å²) in [5, 5.41) is 4.02. The molecule has 1 aromatic carbocycles. The van der Waals surface area contributed by atoms with E-state index in [1.165, 1.54) is 0 Å². The van der Waals surface area contributed by atoms with Crippen LogP contribution in [0.2, 0.25) is 23.2 Å². The zero-order valence-electron chi connectivity index (χ0n) is 18.5. The minimum absolute atomic E-state index is 0.125. The number of hydrogen-bond acceptors (Lipinski definition) is 5. The van der Waals surface area contributed by atoms with E-state index in [0.29, 0.717) is 41.7 Å². The predicted molar refractivity (Wildman–Crippen MR) is 121 cm³/mol. The van der Waals surface area contributed by atoms with Gasteiger partial charge in [-0.1, -0.05) is 32.4 Å². The Kier molecular flexibility index (Phi) is 7.96. The first kappa shape index (κ1) is 24.2. The topological polar surface area (TPSA) is 89.7 Å². The molecule has 1 heterocycles. The Bertz CT molecular complexity index is 905. The van der Waals surface area contributed by atoms with Crippen LogP contribution in [0.4, 0.5) is 0 Å². The molecule has 2 N–H and O–H groups in total. The van der Waals surface area contributed by atoms with Crippen molar-refractivity contribution in [1.82, 2.24) is 10.3 Å². The van der Waals surface area contributed by atoms with Crippen LogP contribution >= 0.6 is 11.6 Å². The number of hydrogen-bond donors (Lipinski definition) is 2. The van der Waals surface area contributed by atoms with Crippen LogP contribution in [0.25, 0.3) is 10.9 Å². The summed E-state index contributed by atoms with van der Waals surface area (Å²) in [4.78, 5) is 26.9. The Balaban J connectivity index is 1.88. The molecule has 2 rings (SSSR count). The molecular formula is C21H31ClN2O5Si. The summed E-state index contributed by atoms with van der Waals surface area (Å²) in [7, 11) is -1.83. The highest BCUT2D eigenvalue weighted by Crippen LogP contribution is 2.36. The van der Waals surface area contributed by atoms with Crippen molar-refractivity contribution in [2.24, 2.45) is 0 Å². The van der Waals surface area contributed by atoms with Gasteiger partial charge in [0.1, 0.15) is 11.4 Å². The molecule has 0 saturated carbocycles. The maximum absolute atomic E-state index is 12.1. The molecule has 0 spiro atoms. The van der Waals surface area contributed by atoms with E-state index in [-0.39, 0.29) is 17.6 Å². The van der Waals surface area contributed by atoms with Gasteiger partial charge in [0, 0.05) is 23.5 Å². The smallest absolute Gasteiger partial charge is 0.354 e. The molecule has 0 aliphatic rings. The molecular weight excluding hydrogens is 424 g/mol. The van der Waals surface area contributed by atoms with Crippen molar-refractivity contribution in [1.29, 1.82) is 0 Å². The molecule has 166 valence electrons. The van der Waals surface area contributed by atoms with Crippen LogP contribution in [-0.2, 0) is 14.0 Å². The summed E-state index contributed by atoms with van der Waals surface area (Å²) in [6.45, 7) is 13.6. The number of fused-ring (bicyclic) bond motifs is 1. The molecule has 7 nitrogen and oxygen atoms in total. The van der Waals surface area contributed by atoms with Crippen molar-refractivity contribution in [3.8, 4) is 5.75 Å². The highest BCUT2D eigenvalue weighted by Gasteiger charge is 2.36. The lowest BCUT2D eigenvalue weighted by molar-refractivity contribution is -0.123. The third-order valence-corrected chi connectivity index (χ3v) is 10.1. The van der Waals surface area contributed by atoms with Gasteiger partial charge in [-0.05, 0) is 37.2 Å². The lowest BCUT2D eigenvalue weighted by Gasteiger charge is -2.36. The fraction of sp³-hybridized carbons (Fsp3) is 0.524. The molecule has 0 fully saturated rings. The highest BCUT2D eigenvalue weighted by molar-refractivity contribution is 6.74. The van der Waals surface area contributed by atoms with Crippen LogP contribution in [0.1, 0.15) is 38.2 Å². The zero-order valence-corrected chi connectivity index (χ0v) is 20.2. The Morgan fingerprint density at radius 2 is 1.90 bits per heavy atom. The first-order chi connectivity index (χ1) is 13.9. The van der Waals surface area contributed by atoms with Gasteiger partial charge >= 0.3 is 5.97 Å². The number of amides is 1. The Labute approximate surface area is 183 Å². The van der Waals surface area contributed by atoms with Crippen LogP contribution in [0.3, 0.4) is 0 Å². The van der Waals surface area contributed by atoms with Crippen molar-refractivity contribution in [2.45, 2.75) is 45.8 Å². The largest absolute Gasteiger partial charge is 0.482 e. The highest BCUT2D eigenvalue weighted by atomic mass is 35.5. The number of aromatic nitrogens is 1. The number of halogens is 1. The van der Waals surface area contributed by atoms with Crippen LogP contribution < -0.4 is 10.1 Å². The van der Waals surface area contributed by atoms with Gasteiger partial charge in [0.05, 0.1) is 18.2 Å². The third-order valence-electron chi connectivity index (χ3n) is 5.22. The number of carbonyl (C=O) groups is 2. The normalized spacial score (nSPS) is 12.1. The van der Waals surface area contributed by atoms with Gasteiger partial charge in [-0.25, -0.2) is 4.79 Å². The lowest BCUT2D eigenvalue weighted by Crippen LogP contribution is -2.43. The maximum Gasteiger partial charge on any atom is 0.354 e. The summed E-state index contributed by atoms with van der Waals surface area (Å²) in [6, 6.07) is 5.00. The standard InChI is InChI=1S/C21H31ClN2O5Si/c1-7-27-20(26)17-11-14-10-15(22)18(12-16(14)24-17)28-13-19(25)23-8-9-29-30(5,6)21(2,3)4/h10-12,24H,7-9,13H2,1-6H3,(H,23,25). The van der Waals surface area contributed by atoms with Crippen molar-refractivity contribution >= 4 is 42.7 Å². The number of carbonyl (C=O) groups excluding carboxylic acids is 2. The second-order valence-corrected chi connectivity index (χ2v) is 13.7. The van der Waals surface area contributed by atoms with Crippen molar-refractivity contribution in [2.75, 3.05) is 26.4 Å². The van der Waals surface area contributed by atoms with E-state index < -0.39 is 14.3 Å². The average molecular weight is 455 g/mol. The Morgan fingerprint density at radius 3 is 2.53 bits per heavy atom. The number of H-pyrrole nitrogens is 1. The number of nitrogens with one attached hydrogen (secondary N) is 2. The number of ether oxygens (including phenoxy) is 2. The monoisotopic (exact) mass is 454 g/mol. The number of rotatable bonds is 9. The van der Waals surface area contributed by atoms with Crippen LogP contribution in [-0.4, -0.2) is 51.5 Å². The first-order valence-electron chi connectivity index (χ1n) is 9.97. The van der Waals surface area contributed by atoms with E-state index in [0.717, 1.165) is 5.39 Å². The van der Waals surface area contributed by atoms with Crippen molar-refractivity contribution in [3.05, 3.63) is 28.9 Å². The molecule has 2 aromatic rings. The third kappa shape index (κ3) is 6.23. The first-order valence-corrected chi connectivity index (χ1v) is 13.3. The second kappa shape index (κ2) is 9.85. The summed E-state index contributed by atoms with van der Waals surface area (Å²) >= 11 is 6.25. The molecule has 0 bridgehead atoms. The molecule has 30 heavy (non-hydrogen) atoms. The van der Waals surface area contributed by atoms with Gasteiger partial charge in [-0.15, -0.1) is 0 Å². The molecule has 0 radical (unpaired) electrons. The van der Waals surface area contributed by atoms with E-state index in [2.05, 4.69) is 44.2 Å². The summed E-state index contributed by atoms with van der Waals surface area (Å²) in [5.41, 5.74) is 1.00. The SMILES string of the molecule is CCOC(=O)c1cc2cc(Cl)c(OCC(=O)NCCO[Si](C)(C)C(C)(C)C)cc2[nH]1. The number of esters is 1. The van der Waals surface area contributed by atoms with E-state index >= 15 is 0 Å². The van der Waals surface area contributed by atoms with Gasteiger partial charge in [0.25, 0.3) is 5.91 Å². The van der Waals surface area contributed by atoms with Gasteiger partial charge < -0.3 is 24.2 Å². The quantitative estimate of drug-likeness (QED) is 0.330. The van der Waals surface area contributed by atoms with E-state index in [9.17, 15) is 9.59 Å². The van der Waals surface area contributed by atoms with Crippen molar-refractivity contribution < 1.29 is 23.5 Å². The molecule has 0 aliphatic carbocycles. The second-order valence-electron chi connectivity index (χ2n) is 8.52. The van der Waals surface area contributed by atoms with Crippen molar-refractivity contribution in [3.63, 3.8) is 0 Å². The zero-order chi connectivity index (χ0) is 22.5. The van der Waals surface area contributed by atoms with E-state index in [1.807, 2.05) is 0 Å². The fourth-order valence-electron chi connectivity index (χ4n) is 2.47. The summed E-state index contributed by atoms with van der Waals surface area (Å²) in [5.74, 6) is -0.343. The number of aromatic amines is 1. The average Bonchev–Trinajstić information content (AvgIpc) is 3.05. The Hall–Kier alpha value is -2.03. The van der Waals surface area contributed by atoms with E-state index in [4.69, 9.17) is 25.5 Å². The molecule has 0 unspecified atom stereocenters. The van der Waals surface area contributed by atoms with E-state index in [1.54, 1.807) is 25.1 Å². The minimum atomic E-state index is -1.83. The molecule has 1 aromatic heterocycles. The van der Waals surface area contributed by atoms with Crippen LogP contribution in [0, 0.1) is 0 Å². The lowest BCUT2D eigenvalue weighted by atomic mass is 10.2. The minimum Gasteiger partial charge on any atom is -0.482 e. The molecule has 9 heteroatoms. The van der Waals surface area contributed by atoms with Crippen LogP contribution in [0.5, 0.6) is 5.75 Å². The van der Waals surface area contributed by atoms with Gasteiger partial charge in [-0.3, -0.25) is 4.79 Å². The van der Waals surface area contributed by atoms with Gasteiger partial charge in [0.15, 0.2) is 14.9 Å². The summed E-state index contributed by atoms with van der Waals surface area (Å²) in [6.07, 6.45) is 0. The predicted octanol–water partition coefficient (Wildman–Crippen LogP) is 4.51. The molecule has 0 aliphatic heterocycles. The van der Waals surface area contributed by atoms with Crippen LogP contribution in [0.15, 0.2) is 18.2 Å². The number of benzene rings is 1. The maximum atomic E-state index is 12.1. The molecule has 0 atom stereocenters. The van der Waals surface area contributed by atoms with Gasteiger partial charge in [0.2, 0.25) is 0 Å². The molecule has 1 amide bonds. The fourth-order valence-corrected chi connectivity index (χ4v) is 3.74.